The van der Waals surface area contributed by atoms with Crippen molar-refractivity contribution in [2.45, 2.75) is 26.7 Å². The van der Waals surface area contributed by atoms with Gasteiger partial charge in [-0.1, -0.05) is 29.8 Å². The van der Waals surface area contributed by atoms with Gasteiger partial charge in [-0.2, -0.15) is 0 Å². The zero-order valence-corrected chi connectivity index (χ0v) is 14.0. The maximum atomic E-state index is 13.1. The summed E-state index contributed by atoms with van der Waals surface area (Å²) in [4.78, 5) is 17.7. The third-order valence-electron chi connectivity index (χ3n) is 3.97. The third kappa shape index (κ3) is 3.11. The molecule has 24 heavy (non-hydrogen) atoms. The van der Waals surface area contributed by atoms with Crippen LogP contribution in [0.2, 0.25) is 6.82 Å². The zero-order chi connectivity index (χ0) is 17.3. The first-order valence-corrected chi connectivity index (χ1v) is 8.00. The highest BCUT2D eigenvalue weighted by Gasteiger charge is 2.19. The van der Waals surface area contributed by atoms with E-state index < -0.39 is 7.05 Å². The van der Waals surface area contributed by atoms with Crippen LogP contribution in [0.3, 0.4) is 0 Å². The van der Waals surface area contributed by atoms with Crippen LogP contribution in [0.25, 0.3) is 16.6 Å². The minimum Gasteiger partial charge on any atom is -0.437 e. The number of aromatic nitrogens is 2. The highest BCUT2D eigenvalue weighted by molar-refractivity contribution is 6.45. The molecule has 5 nitrogen and oxygen atoms in total. The second-order valence-electron chi connectivity index (χ2n) is 6.03. The molecule has 1 heterocycles. The number of fused-ring (bicyclic) bond motifs is 1. The Bertz CT molecular complexity index is 920. The lowest BCUT2D eigenvalue weighted by Gasteiger charge is -2.20. The van der Waals surface area contributed by atoms with Gasteiger partial charge in [0.25, 0.3) is 5.56 Å². The highest BCUT2D eigenvalue weighted by Crippen LogP contribution is 2.18. The fourth-order valence-electron chi connectivity index (χ4n) is 2.82. The van der Waals surface area contributed by atoms with Crippen LogP contribution in [-0.2, 0) is 0 Å². The Kier molecular flexibility index (Phi) is 4.51. The molecule has 2 aromatic carbocycles. The number of hydrogen-bond donors (Lipinski definition) is 2. The molecule has 0 saturated heterocycles. The monoisotopic (exact) mass is 321 g/mol. The van der Waals surface area contributed by atoms with Gasteiger partial charge in [-0.3, -0.25) is 9.36 Å². The molecule has 1 unspecified atom stereocenters. The fraction of sp³-hybridized carbons (Fsp3) is 0.222. The molecule has 1 aromatic heterocycles. The molecule has 0 aliphatic heterocycles. The molecular weight excluding hydrogens is 301 g/mol. The summed E-state index contributed by atoms with van der Waals surface area (Å²) >= 11 is 0. The molecule has 3 aromatic rings. The van der Waals surface area contributed by atoms with Crippen molar-refractivity contribution in [3.8, 4) is 5.69 Å². The zero-order valence-electron chi connectivity index (χ0n) is 14.0. The lowest BCUT2D eigenvalue weighted by Crippen LogP contribution is -2.37. The van der Waals surface area contributed by atoms with Crippen LogP contribution < -0.4 is 10.8 Å². The van der Waals surface area contributed by atoms with Crippen molar-refractivity contribution in [1.29, 1.82) is 0 Å². The van der Waals surface area contributed by atoms with E-state index in [1.165, 1.54) is 0 Å². The molecule has 0 amide bonds. The van der Waals surface area contributed by atoms with Crippen molar-refractivity contribution in [3.05, 3.63) is 70.3 Å². The van der Waals surface area contributed by atoms with Crippen LogP contribution in [0.1, 0.15) is 24.4 Å². The predicted molar refractivity (Wildman–Crippen MR) is 97.5 cm³/mol. The average molecular weight is 321 g/mol. The molecule has 1 atom stereocenters. The van der Waals surface area contributed by atoms with Crippen LogP contribution in [0, 0.1) is 6.92 Å². The van der Waals surface area contributed by atoms with Crippen molar-refractivity contribution in [1.82, 2.24) is 14.8 Å². The maximum Gasteiger partial charge on any atom is 0.374 e. The molecule has 2 N–H and O–H groups in total. The van der Waals surface area contributed by atoms with E-state index in [-0.39, 0.29) is 11.6 Å². The first kappa shape index (κ1) is 16.4. The molecule has 0 radical (unpaired) electrons. The smallest absolute Gasteiger partial charge is 0.374 e. The largest absolute Gasteiger partial charge is 0.437 e. The fourth-order valence-corrected chi connectivity index (χ4v) is 2.82. The Labute approximate surface area is 141 Å². The van der Waals surface area contributed by atoms with Crippen LogP contribution in [-0.4, -0.2) is 21.6 Å². The van der Waals surface area contributed by atoms with E-state index in [1.807, 2.05) is 56.3 Å². The lowest BCUT2D eigenvalue weighted by molar-refractivity contribution is 0.521. The van der Waals surface area contributed by atoms with Gasteiger partial charge in [0.1, 0.15) is 5.82 Å². The number of hydrogen-bond acceptors (Lipinski definition) is 4. The van der Waals surface area contributed by atoms with E-state index in [4.69, 9.17) is 0 Å². The number of rotatable bonds is 4. The SMILES string of the molecule is CB(O)NC(C)c1nc2ccccc2c(=O)n1-c1ccc(C)cc1. The summed E-state index contributed by atoms with van der Waals surface area (Å²) in [6.07, 6.45) is 0. The Morgan fingerprint density at radius 3 is 2.50 bits per heavy atom. The van der Waals surface area contributed by atoms with E-state index in [2.05, 4.69) is 10.2 Å². The number of nitrogens with zero attached hydrogens (tertiary/aromatic N) is 2. The van der Waals surface area contributed by atoms with Gasteiger partial charge in [-0.15, -0.1) is 0 Å². The Morgan fingerprint density at radius 1 is 1.17 bits per heavy atom. The number of para-hydroxylation sites is 1. The summed E-state index contributed by atoms with van der Waals surface area (Å²) in [6.45, 7) is 5.53. The summed E-state index contributed by atoms with van der Waals surface area (Å²) < 4.78 is 1.61. The van der Waals surface area contributed by atoms with E-state index in [0.717, 1.165) is 11.3 Å². The summed E-state index contributed by atoms with van der Waals surface area (Å²) in [5.41, 5.74) is 2.43. The van der Waals surface area contributed by atoms with Gasteiger partial charge in [0.15, 0.2) is 0 Å². The molecule has 3 rings (SSSR count). The molecule has 0 bridgehead atoms. The summed E-state index contributed by atoms with van der Waals surface area (Å²) in [5, 5.41) is 13.2. The summed E-state index contributed by atoms with van der Waals surface area (Å²) in [6, 6.07) is 14.8. The van der Waals surface area contributed by atoms with Crippen molar-refractivity contribution >= 4 is 18.0 Å². The summed E-state index contributed by atoms with van der Waals surface area (Å²) in [7, 11) is -0.699. The third-order valence-corrected chi connectivity index (χ3v) is 3.97. The Balaban J connectivity index is 2.29. The normalized spacial score (nSPS) is 12.3. The number of nitrogens with one attached hydrogen (secondary N) is 1. The van der Waals surface area contributed by atoms with Crippen molar-refractivity contribution in [2.24, 2.45) is 0 Å². The molecule has 0 spiro atoms. The quantitative estimate of drug-likeness (QED) is 0.725. The molecule has 0 saturated carbocycles. The van der Waals surface area contributed by atoms with Gasteiger partial charge in [-0.05, 0) is 44.9 Å². The van der Waals surface area contributed by atoms with Crippen LogP contribution in [0.15, 0.2) is 53.3 Å². The lowest BCUT2D eigenvalue weighted by atomic mass is 9.87. The van der Waals surface area contributed by atoms with Gasteiger partial charge in [0, 0.05) is 0 Å². The molecular formula is C18H20BN3O2. The van der Waals surface area contributed by atoms with Gasteiger partial charge in [0.05, 0.1) is 22.6 Å². The second kappa shape index (κ2) is 6.59. The minimum atomic E-state index is -0.699. The first-order chi connectivity index (χ1) is 11.5. The molecule has 6 heteroatoms. The first-order valence-electron chi connectivity index (χ1n) is 8.00. The van der Waals surface area contributed by atoms with E-state index in [0.29, 0.717) is 16.7 Å². The van der Waals surface area contributed by atoms with Gasteiger partial charge < -0.3 is 10.3 Å². The van der Waals surface area contributed by atoms with Gasteiger partial charge >= 0.3 is 7.05 Å². The standard InChI is InChI=1S/C18H20BN3O2/c1-12-8-10-14(11-9-12)22-17(13(2)21-19(3)24)20-16-7-5-4-6-15(16)18(22)23/h4-11,13,21,24H,1-3H3. The van der Waals surface area contributed by atoms with Gasteiger partial charge in [-0.25, -0.2) is 4.98 Å². The highest BCUT2D eigenvalue weighted by atomic mass is 16.2. The predicted octanol–water partition coefficient (Wildman–Crippen LogP) is 2.46. The number of benzene rings is 2. The van der Waals surface area contributed by atoms with Crippen LogP contribution >= 0.6 is 0 Å². The minimum absolute atomic E-state index is 0.112. The summed E-state index contributed by atoms with van der Waals surface area (Å²) in [5.74, 6) is 0.573. The Morgan fingerprint density at radius 2 is 1.83 bits per heavy atom. The van der Waals surface area contributed by atoms with E-state index >= 15 is 0 Å². The number of aryl methyl sites for hydroxylation is 1. The van der Waals surface area contributed by atoms with Crippen molar-refractivity contribution < 1.29 is 5.02 Å². The van der Waals surface area contributed by atoms with Crippen LogP contribution in [0.4, 0.5) is 0 Å². The molecule has 122 valence electrons. The van der Waals surface area contributed by atoms with Gasteiger partial charge in [0.2, 0.25) is 0 Å². The van der Waals surface area contributed by atoms with Crippen molar-refractivity contribution in [3.63, 3.8) is 0 Å². The topological polar surface area (TPSA) is 67.2 Å². The molecule has 0 fully saturated rings. The Hall–Kier alpha value is -2.44. The van der Waals surface area contributed by atoms with Crippen molar-refractivity contribution in [2.75, 3.05) is 0 Å². The van der Waals surface area contributed by atoms with E-state index in [1.54, 1.807) is 17.5 Å². The average Bonchev–Trinajstić information content (AvgIpc) is 2.55. The second-order valence-corrected chi connectivity index (χ2v) is 6.03. The molecule has 0 aliphatic carbocycles. The van der Waals surface area contributed by atoms with Crippen LogP contribution in [0.5, 0.6) is 0 Å². The molecule has 0 aliphatic rings. The van der Waals surface area contributed by atoms with E-state index in [9.17, 15) is 9.82 Å². The maximum absolute atomic E-state index is 13.1.